The van der Waals surface area contributed by atoms with Crippen LogP contribution in [-0.2, 0) is 27.8 Å². The maximum absolute atomic E-state index is 12.7. The molecule has 1 atom stereocenters. The quantitative estimate of drug-likeness (QED) is 0.725. The van der Waals surface area contributed by atoms with E-state index in [0.29, 0.717) is 6.54 Å². The highest BCUT2D eigenvalue weighted by Gasteiger charge is 2.29. The van der Waals surface area contributed by atoms with Crippen molar-refractivity contribution in [1.82, 2.24) is 19.8 Å². The summed E-state index contributed by atoms with van der Waals surface area (Å²) in [5.74, 6) is 0.222. The minimum atomic E-state index is -3.62. The Kier molecular flexibility index (Phi) is 5.74. The molecule has 0 bridgehead atoms. The average Bonchev–Trinajstić information content (AvgIpc) is 3.43. The number of sulfonamides is 1. The van der Waals surface area contributed by atoms with Gasteiger partial charge in [-0.15, -0.1) is 0 Å². The van der Waals surface area contributed by atoms with Gasteiger partial charge in [0.2, 0.25) is 15.9 Å². The summed E-state index contributed by atoms with van der Waals surface area (Å²) < 4.78 is 29.8. The second kappa shape index (κ2) is 8.28. The van der Waals surface area contributed by atoms with Crippen molar-refractivity contribution in [2.45, 2.75) is 62.9 Å². The summed E-state index contributed by atoms with van der Waals surface area (Å²) in [4.78, 5) is 12.8. The van der Waals surface area contributed by atoms with Crippen molar-refractivity contribution in [2.24, 2.45) is 5.92 Å². The van der Waals surface area contributed by atoms with Crippen molar-refractivity contribution < 1.29 is 13.2 Å². The molecule has 2 aliphatic rings. The molecule has 1 fully saturated rings. The third kappa shape index (κ3) is 4.53. The molecule has 29 heavy (non-hydrogen) atoms. The molecule has 1 heterocycles. The lowest BCUT2D eigenvalue weighted by atomic mass is 10.0. The molecule has 7 nitrogen and oxygen atoms in total. The predicted molar refractivity (Wildman–Crippen MR) is 110 cm³/mol. The van der Waals surface area contributed by atoms with Gasteiger partial charge in [0.25, 0.3) is 0 Å². The lowest BCUT2D eigenvalue weighted by Gasteiger charge is -2.18. The Bertz CT molecular complexity index is 993. The largest absolute Gasteiger partial charge is 0.349 e. The Hall–Kier alpha value is -2.19. The van der Waals surface area contributed by atoms with Gasteiger partial charge in [-0.3, -0.25) is 9.48 Å². The lowest BCUT2D eigenvalue weighted by Crippen LogP contribution is -2.32. The Morgan fingerprint density at radius 1 is 1.21 bits per heavy atom. The summed E-state index contributed by atoms with van der Waals surface area (Å²) in [6.07, 6.45) is 7.66. The molecule has 0 radical (unpaired) electrons. The molecule has 4 rings (SSSR count). The third-order valence-electron chi connectivity index (χ3n) is 5.95. The first-order valence-electron chi connectivity index (χ1n) is 10.4. The van der Waals surface area contributed by atoms with E-state index in [-0.39, 0.29) is 29.3 Å². The zero-order valence-electron chi connectivity index (χ0n) is 16.7. The minimum Gasteiger partial charge on any atom is -0.349 e. The van der Waals surface area contributed by atoms with Gasteiger partial charge < -0.3 is 5.32 Å². The summed E-state index contributed by atoms with van der Waals surface area (Å²) >= 11 is 0. The number of carbonyl (C=O) groups is 1. The Morgan fingerprint density at radius 3 is 2.72 bits per heavy atom. The van der Waals surface area contributed by atoms with Gasteiger partial charge >= 0.3 is 0 Å². The van der Waals surface area contributed by atoms with E-state index in [2.05, 4.69) is 15.1 Å². The van der Waals surface area contributed by atoms with Crippen LogP contribution in [-0.4, -0.2) is 30.7 Å². The standard InChI is InChI=1S/C21H28N4O3S/c1-15-10-12-25(24-15)13-11-22-29(27,28)18-8-6-16-7-9-20(19(16)14-18)23-21(26)17-4-2-3-5-17/h6,8,10,12,14,17,20,22H,2-5,7,9,11,13H2,1H3,(H,23,26)/t20-/m0/s1. The van der Waals surface area contributed by atoms with Crippen LogP contribution in [0.25, 0.3) is 0 Å². The van der Waals surface area contributed by atoms with E-state index in [0.717, 1.165) is 55.3 Å². The minimum absolute atomic E-state index is 0.0969. The van der Waals surface area contributed by atoms with Gasteiger partial charge in [0.15, 0.2) is 0 Å². The fourth-order valence-electron chi connectivity index (χ4n) is 4.34. The van der Waals surface area contributed by atoms with Crippen molar-refractivity contribution in [1.29, 1.82) is 0 Å². The number of amides is 1. The van der Waals surface area contributed by atoms with Crippen LogP contribution in [0.1, 0.15) is 55.0 Å². The van der Waals surface area contributed by atoms with E-state index in [9.17, 15) is 13.2 Å². The number of nitrogens with zero attached hydrogens (tertiary/aromatic N) is 2. The molecular formula is C21H28N4O3S. The van der Waals surface area contributed by atoms with Crippen LogP contribution in [0.15, 0.2) is 35.4 Å². The first kappa shape index (κ1) is 20.1. The lowest BCUT2D eigenvalue weighted by molar-refractivity contribution is -0.125. The van der Waals surface area contributed by atoms with Crippen LogP contribution in [0.4, 0.5) is 0 Å². The number of benzene rings is 1. The zero-order chi connectivity index (χ0) is 20.4. The van der Waals surface area contributed by atoms with Crippen molar-refractivity contribution in [3.8, 4) is 0 Å². The molecule has 0 aliphatic heterocycles. The molecule has 1 aromatic carbocycles. The second-order valence-electron chi connectivity index (χ2n) is 8.06. The number of fused-ring (bicyclic) bond motifs is 1. The number of hydrogen-bond acceptors (Lipinski definition) is 4. The molecule has 156 valence electrons. The first-order chi connectivity index (χ1) is 13.9. The number of hydrogen-bond donors (Lipinski definition) is 2. The van der Waals surface area contributed by atoms with Crippen LogP contribution < -0.4 is 10.0 Å². The number of aromatic nitrogens is 2. The van der Waals surface area contributed by atoms with Crippen LogP contribution in [0.2, 0.25) is 0 Å². The second-order valence-corrected chi connectivity index (χ2v) is 9.83. The van der Waals surface area contributed by atoms with Crippen molar-refractivity contribution >= 4 is 15.9 Å². The van der Waals surface area contributed by atoms with Gasteiger partial charge in [0.05, 0.1) is 23.2 Å². The predicted octanol–water partition coefficient (Wildman–Crippen LogP) is 2.46. The fourth-order valence-corrected chi connectivity index (χ4v) is 5.40. The molecule has 8 heteroatoms. The van der Waals surface area contributed by atoms with Gasteiger partial charge in [0, 0.05) is 18.7 Å². The fraction of sp³-hybridized carbons (Fsp3) is 0.524. The topological polar surface area (TPSA) is 93.1 Å². The molecule has 0 unspecified atom stereocenters. The summed E-state index contributed by atoms with van der Waals surface area (Å²) in [7, 11) is -3.62. The molecule has 2 aliphatic carbocycles. The number of aryl methyl sites for hydroxylation is 2. The molecule has 0 saturated heterocycles. The number of nitrogens with one attached hydrogen (secondary N) is 2. The molecule has 1 aromatic heterocycles. The van der Waals surface area contributed by atoms with Crippen LogP contribution >= 0.6 is 0 Å². The highest BCUT2D eigenvalue weighted by molar-refractivity contribution is 7.89. The van der Waals surface area contributed by atoms with Gasteiger partial charge in [-0.25, -0.2) is 13.1 Å². The van der Waals surface area contributed by atoms with E-state index in [1.54, 1.807) is 16.8 Å². The normalized spacial score (nSPS) is 19.4. The Balaban J connectivity index is 1.42. The first-order valence-corrected chi connectivity index (χ1v) is 11.8. The van der Waals surface area contributed by atoms with E-state index in [1.807, 2.05) is 25.3 Å². The summed E-state index contributed by atoms with van der Waals surface area (Å²) in [5.41, 5.74) is 2.95. The van der Waals surface area contributed by atoms with E-state index in [4.69, 9.17) is 0 Å². The molecular weight excluding hydrogens is 388 g/mol. The van der Waals surface area contributed by atoms with Crippen molar-refractivity contribution in [3.63, 3.8) is 0 Å². The molecule has 1 amide bonds. The smallest absolute Gasteiger partial charge is 0.240 e. The zero-order valence-corrected chi connectivity index (χ0v) is 17.5. The van der Waals surface area contributed by atoms with E-state index in [1.165, 1.54) is 0 Å². The molecule has 2 aromatic rings. The molecule has 0 spiro atoms. The van der Waals surface area contributed by atoms with Crippen molar-refractivity contribution in [2.75, 3.05) is 6.54 Å². The highest BCUT2D eigenvalue weighted by atomic mass is 32.2. The van der Waals surface area contributed by atoms with Crippen LogP contribution in [0.5, 0.6) is 0 Å². The van der Waals surface area contributed by atoms with Crippen LogP contribution in [0, 0.1) is 12.8 Å². The monoisotopic (exact) mass is 416 g/mol. The average molecular weight is 417 g/mol. The summed E-state index contributed by atoms with van der Waals surface area (Å²) in [5, 5.41) is 7.42. The van der Waals surface area contributed by atoms with Gasteiger partial charge in [-0.2, -0.15) is 5.10 Å². The van der Waals surface area contributed by atoms with E-state index >= 15 is 0 Å². The summed E-state index contributed by atoms with van der Waals surface area (Å²) in [6, 6.07) is 7.04. The van der Waals surface area contributed by atoms with Gasteiger partial charge in [0.1, 0.15) is 0 Å². The van der Waals surface area contributed by atoms with Crippen molar-refractivity contribution in [3.05, 3.63) is 47.3 Å². The Labute approximate surface area is 171 Å². The highest BCUT2D eigenvalue weighted by Crippen LogP contribution is 2.34. The maximum atomic E-state index is 12.7. The summed E-state index contributed by atoms with van der Waals surface area (Å²) in [6.45, 7) is 2.63. The maximum Gasteiger partial charge on any atom is 0.240 e. The Morgan fingerprint density at radius 2 is 2.00 bits per heavy atom. The number of carbonyl (C=O) groups excluding carboxylic acids is 1. The van der Waals surface area contributed by atoms with Gasteiger partial charge in [-0.1, -0.05) is 18.9 Å². The SMILES string of the molecule is Cc1ccn(CCNS(=O)(=O)c2ccc3c(c2)[C@@H](NC(=O)C2CCCC2)CC3)n1. The molecule has 1 saturated carbocycles. The number of rotatable bonds is 7. The third-order valence-corrected chi connectivity index (χ3v) is 7.41. The van der Waals surface area contributed by atoms with Gasteiger partial charge in [-0.05, 0) is 61.9 Å². The molecule has 2 N–H and O–H groups in total. The van der Waals surface area contributed by atoms with E-state index < -0.39 is 10.0 Å². The van der Waals surface area contributed by atoms with Crippen LogP contribution in [0.3, 0.4) is 0 Å².